The number of ether oxygens (including phenoxy) is 1. The number of fused-ring (bicyclic) bond motifs is 1. The van der Waals surface area contributed by atoms with E-state index >= 15 is 0 Å². The molecule has 0 spiro atoms. The number of rotatable bonds is 4. The Balaban J connectivity index is 0.000000383. The molecule has 0 bridgehead atoms. The summed E-state index contributed by atoms with van der Waals surface area (Å²) >= 11 is 1.50. The highest BCUT2D eigenvalue weighted by atomic mass is 32.2. The zero-order valence-corrected chi connectivity index (χ0v) is 18.8. The van der Waals surface area contributed by atoms with E-state index in [9.17, 15) is 8.78 Å². The van der Waals surface area contributed by atoms with Crippen molar-refractivity contribution in [1.82, 2.24) is 0 Å². The zero-order chi connectivity index (χ0) is 22.6. The highest BCUT2D eigenvalue weighted by Gasteiger charge is 2.49. The molecule has 0 aliphatic carbocycles. The third-order valence-electron chi connectivity index (χ3n) is 4.69. The molecule has 0 saturated carbocycles. The van der Waals surface area contributed by atoms with Gasteiger partial charge in [-0.25, -0.2) is 13.8 Å². The lowest BCUT2D eigenvalue weighted by Crippen LogP contribution is -2.50. The van der Waals surface area contributed by atoms with Gasteiger partial charge in [0.25, 0.3) is 0 Å². The van der Waals surface area contributed by atoms with Gasteiger partial charge in [-0.2, -0.15) is 0 Å². The van der Waals surface area contributed by atoms with Crippen molar-refractivity contribution in [3.05, 3.63) is 85.0 Å². The molecule has 1 fully saturated rings. The first-order chi connectivity index (χ1) is 14.4. The van der Waals surface area contributed by atoms with E-state index in [1.165, 1.54) is 23.9 Å². The van der Waals surface area contributed by atoms with Gasteiger partial charge in [-0.1, -0.05) is 88.2 Å². The van der Waals surface area contributed by atoms with Crippen LogP contribution in [-0.4, -0.2) is 23.6 Å². The van der Waals surface area contributed by atoms with Crippen LogP contribution < -0.4 is 5.73 Å². The Bertz CT molecular complexity index is 775. The lowest BCUT2D eigenvalue weighted by Gasteiger charge is -2.46. The molecular weight excluding hydrogens is 402 g/mol. The summed E-state index contributed by atoms with van der Waals surface area (Å²) in [5.41, 5.74) is 5.44. The van der Waals surface area contributed by atoms with E-state index < -0.39 is 17.2 Å². The van der Waals surface area contributed by atoms with Crippen LogP contribution in [-0.2, 0) is 10.3 Å². The molecule has 3 rings (SSSR count). The first-order valence-corrected chi connectivity index (χ1v) is 10.9. The Morgan fingerprint density at radius 1 is 1.17 bits per heavy atom. The number of halogens is 2. The van der Waals surface area contributed by atoms with Crippen molar-refractivity contribution in [2.75, 3.05) is 13.2 Å². The molecule has 2 aliphatic heterocycles. The van der Waals surface area contributed by atoms with Gasteiger partial charge < -0.3 is 10.5 Å². The largest absolute Gasteiger partial charge is 0.379 e. The molecule has 0 radical (unpaired) electrons. The Hall–Kier alpha value is -2.18. The maximum Gasteiger partial charge on any atom is 0.155 e. The van der Waals surface area contributed by atoms with Crippen molar-refractivity contribution in [3.8, 4) is 0 Å². The lowest BCUT2D eigenvalue weighted by atomic mass is 9.74. The minimum Gasteiger partial charge on any atom is -0.379 e. The molecule has 3 atom stereocenters. The number of benzene rings is 1. The molecule has 164 valence electrons. The van der Waals surface area contributed by atoms with E-state index in [-0.39, 0.29) is 17.8 Å². The molecule has 1 aromatic carbocycles. The third-order valence-corrected chi connectivity index (χ3v) is 5.73. The van der Waals surface area contributed by atoms with E-state index in [4.69, 9.17) is 10.5 Å². The lowest BCUT2D eigenvalue weighted by molar-refractivity contribution is -0.00424. The van der Waals surface area contributed by atoms with Crippen molar-refractivity contribution < 1.29 is 13.5 Å². The maximum atomic E-state index is 14.2. The van der Waals surface area contributed by atoms with Gasteiger partial charge in [0, 0.05) is 29.4 Å². The molecule has 2 unspecified atom stereocenters. The van der Waals surface area contributed by atoms with Crippen LogP contribution in [0, 0.1) is 17.6 Å². The van der Waals surface area contributed by atoms with Crippen LogP contribution in [0.3, 0.4) is 0 Å². The fourth-order valence-corrected chi connectivity index (χ4v) is 4.60. The van der Waals surface area contributed by atoms with E-state index in [0.29, 0.717) is 17.3 Å². The number of allylic oxidation sites excluding steroid dienone is 6. The molecule has 2 N–H and O–H groups in total. The number of nitrogens with zero attached hydrogens (tertiary/aromatic N) is 1. The number of hydrogen-bond donors (Lipinski definition) is 1. The fraction of sp³-hybridized carbons (Fsp3) is 0.375. The fourth-order valence-electron chi connectivity index (χ4n) is 3.48. The average Bonchev–Trinajstić information content (AvgIpc) is 2.73. The van der Waals surface area contributed by atoms with Crippen LogP contribution in [0.5, 0.6) is 0 Å². The van der Waals surface area contributed by atoms with E-state index in [0.717, 1.165) is 12.5 Å². The Labute approximate surface area is 183 Å². The van der Waals surface area contributed by atoms with Crippen LogP contribution >= 0.6 is 11.8 Å². The summed E-state index contributed by atoms with van der Waals surface area (Å²) in [5, 5.41) is 0.656. The number of nitrogens with two attached hydrogens (primary N) is 1. The minimum absolute atomic E-state index is 0.133. The highest BCUT2D eigenvalue weighted by molar-refractivity contribution is 8.14. The summed E-state index contributed by atoms with van der Waals surface area (Å²) in [6, 6.07) is 3.62. The van der Waals surface area contributed by atoms with Gasteiger partial charge in [0.15, 0.2) is 5.17 Å². The van der Waals surface area contributed by atoms with Crippen molar-refractivity contribution in [3.63, 3.8) is 0 Å². The summed E-state index contributed by atoms with van der Waals surface area (Å²) < 4.78 is 32.9. The predicted octanol–water partition coefficient (Wildman–Crippen LogP) is 6.14. The molecule has 1 aromatic rings. The Morgan fingerprint density at radius 3 is 2.37 bits per heavy atom. The molecule has 0 aromatic heterocycles. The topological polar surface area (TPSA) is 47.6 Å². The number of thioether (sulfide) groups is 1. The van der Waals surface area contributed by atoms with Gasteiger partial charge in [-0.3, -0.25) is 0 Å². The molecular formula is C24H32F2N2OS. The second-order valence-corrected chi connectivity index (χ2v) is 7.91. The van der Waals surface area contributed by atoms with Gasteiger partial charge in [0.2, 0.25) is 0 Å². The third kappa shape index (κ3) is 6.67. The monoisotopic (exact) mass is 434 g/mol. The molecule has 30 heavy (non-hydrogen) atoms. The molecule has 3 nitrogen and oxygen atoms in total. The Morgan fingerprint density at radius 2 is 1.80 bits per heavy atom. The van der Waals surface area contributed by atoms with Crippen LogP contribution in [0.1, 0.15) is 32.8 Å². The van der Waals surface area contributed by atoms with Crippen molar-refractivity contribution in [1.29, 1.82) is 0 Å². The molecule has 2 heterocycles. The summed E-state index contributed by atoms with van der Waals surface area (Å²) in [7, 11) is 0. The van der Waals surface area contributed by atoms with Crippen LogP contribution in [0.25, 0.3) is 0 Å². The van der Waals surface area contributed by atoms with Gasteiger partial charge in [0.05, 0.1) is 6.61 Å². The van der Waals surface area contributed by atoms with Crippen LogP contribution in [0.15, 0.2) is 72.8 Å². The summed E-state index contributed by atoms with van der Waals surface area (Å²) in [5.74, 6) is -1.05. The summed E-state index contributed by atoms with van der Waals surface area (Å²) in [4.78, 5) is 4.52. The van der Waals surface area contributed by atoms with Crippen LogP contribution in [0.2, 0.25) is 0 Å². The maximum absolute atomic E-state index is 14.2. The molecule has 1 saturated heterocycles. The highest BCUT2D eigenvalue weighted by Crippen LogP contribution is 2.48. The van der Waals surface area contributed by atoms with Gasteiger partial charge in [-0.15, -0.1) is 0 Å². The Kier molecular flexibility index (Phi) is 11.4. The first kappa shape index (κ1) is 25.9. The van der Waals surface area contributed by atoms with Crippen LogP contribution in [0.4, 0.5) is 8.78 Å². The quantitative estimate of drug-likeness (QED) is 0.579. The van der Waals surface area contributed by atoms with E-state index in [1.54, 1.807) is 12.2 Å². The van der Waals surface area contributed by atoms with Gasteiger partial charge in [-0.05, 0) is 12.5 Å². The second kappa shape index (κ2) is 13.2. The predicted molar refractivity (Wildman–Crippen MR) is 126 cm³/mol. The van der Waals surface area contributed by atoms with Gasteiger partial charge >= 0.3 is 0 Å². The molecule has 6 heteroatoms. The van der Waals surface area contributed by atoms with E-state index in [2.05, 4.69) is 25.1 Å². The number of aliphatic imine (C=N–C) groups is 1. The SMILES string of the molecule is C=C/C=C\C=C/C=C.CC.C[C@H]1SC(N)=NC2(c3ccc(F)cc3F)COCCC12. The van der Waals surface area contributed by atoms with Crippen molar-refractivity contribution in [2.24, 2.45) is 16.6 Å². The minimum atomic E-state index is -0.829. The molecule has 0 amide bonds. The normalized spacial score (nSPS) is 25.3. The standard InChI is InChI=1S/C14H16F2N2OS.C8H10.C2H6/c1-8-10-4-5-19-7-14(10,18-13(17)20-8)11-3-2-9(15)6-12(11)16;1-3-5-7-8-6-4-2;1-2/h2-3,6,8,10H,4-5,7H2,1H3,(H2,17,18);3-8H,1-2H2;1-2H3/b;7-5-,8-6-;/t8-,10?,14?;;/m1../s1. The van der Waals surface area contributed by atoms with Crippen molar-refractivity contribution in [2.45, 2.75) is 38.0 Å². The number of amidine groups is 1. The molecule has 2 aliphatic rings. The van der Waals surface area contributed by atoms with Gasteiger partial charge in [0.1, 0.15) is 17.2 Å². The average molecular weight is 435 g/mol. The second-order valence-electron chi connectivity index (χ2n) is 6.51. The van der Waals surface area contributed by atoms with Crippen molar-refractivity contribution >= 4 is 16.9 Å². The smallest absolute Gasteiger partial charge is 0.155 e. The van der Waals surface area contributed by atoms with E-state index in [1.807, 2.05) is 38.2 Å². The summed E-state index contributed by atoms with van der Waals surface area (Å²) in [6.45, 7) is 14.0. The zero-order valence-electron chi connectivity index (χ0n) is 18.0. The number of hydrogen-bond acceptors (Lipinski definition) is 4. The summed E-state index contributed by atoms with van der Waals surface area (Å²) in [6.07, 6.45) is 11.8. The first-order valence-electron chi connectivity index (χ1n) is 10.1.